The summed E-state index contributed by atoms with van der Waals surface area (Å²) < 4.78 is 1.55. The highest BCUT2D eigenvalue weighted by atomic mass is 35.5. The second kappa shape index (κ2) is 7.14. The molecule has 21 heavy (non-hydrogen) atoms. The van der Waals surface area contributed by atoms with Crippen LogP contribution in [0.2, 0.25) is 0 Å². The van der Waals surface area contributed by atoms with Crippen molar-refractivity contribution in [2.75, 3.05) is 5.32 Å². The Morgan fingerprint density at radius 1 is 1.38 bits per heavy atom. The fourth-order valence-corrected chi connectivity index (χ4v) is 1.73. The Morgan fingerprint density at radius 2 is 2.10 bits per heavy atom. The molecule has 0 saturated heterocycles. The molecule has 0 spiro atoms. The predicted molar refractivity (Wildman–Crippen MR) is 82.6 cm³/mol. The molecule has 114 valence electrons. The molecule has 8 heteroatoms. The lowest BCUT2D eigenvalue weighted by Crippen LogP contribution is -2.39. The number of tetrazole rings is 1. The number of halogens is 1. The van der Waals surface area contributed by atoms with Crippen LogP contribution < -0.4 is 11.1 Å². The minimum absolute atomic E-state index is 0. The highest BCUT2D eigenvalue weighted by Gasteiger charge is 2.17. The Balaban J connectivity index is 0.00000220. The SMILES string of the molecule is Cc1ccc(NC(=O)C(N)C(C)C)cc1-n1cnnn1.Cl. The van der Waals surface area contributed by atoms with Crippen molar-refractivity contribution in [2.24, 2.45) is 11.7 Å². The molecule has 0 saturated carbocycles. The maximum atomic E-state index is 12.0. The van der Waals surface area contributed by atoms with Crippen LogP contribution in [-0.4, -0.2) is 32.2 Å². The molecule has 2 aromatic rings. The van der Waals surface area contributed by atoms with E-state index < -0.39 is 6.04 Å². The van der Waals surface area contributed by atoms with Crippen molar-refractivity contribution in [1.82, 2.24) is 20.2 Å². The van der Waals surface area contributed by atoms with Gasteiger partial charge in [-0.25, -0.2) is 4.68 Å². The van der Waals surface area contributed by atoms with E-state index in [9.17, 15) is 4.79 Å². The van der Waals surface area contributed by atoms with Crippen molar-refractivity contribution >= 4 is 24.0 Å². The van der Waals surface area contributed by atoms with Gasteiger partial charge in [-0.05, 0) is 41.0 Å². The lowest BCUT2D eigenvalue weighted by Gasteiger charge is -2.16. The van der Waals surface area contributed by atoms with E-state index in [4.69, 9.17) is 5.73 Å². The molecule has 0 aliphatic rings. The number of rotatable bonds is 4. The maximum absolute atomic E-state index is 12.0. The van der Waals surface area contributed by atoms with Crippen LogP contribution in [0.25, 0.3) is 5.69 Å². The molecule has 1 aromatic carbocycles. The zero-order valence-corrected chi connectivity index (χ0v) is 13.0. The quantitative estimate of drug-likeness (QED) is 0.887. The zero-order valence-electron chi connectivity index (χ0n) is 12.1. The van der Waals surface area contributed by atoms with Crippen molar-refractivity contribution in [3.63, 3.8) is 0 Å². The lowest BCUT2D eigenvalue weighted by molar-refractivity contribution is -0.118. The topological polar surface area (TPSA) is 98.7 Å². The molecule has 3 N–H and O–H groups in total. The summed E-state index contributed by atoms with van der Waals surface area (Å²) in [6, 6.07) is 5.01. The fraction of sp³-hybridized carbons (Fsp3) is 0.385. The molecule has 7 nitrogen and oxygen atoms in total. The molecular weight excluding hydrogens is 292 g/mol. The number of nitrogens with two attached hydrogens (primary N) is 1. The number of carbonyl (C=O) groups is 1. The van der Waals surface area contributed by atoms with Crippen LogP contribution in [0.3, 0.4) is 0 Å². The van der Waals surface area contributed by atoms with E-state index in [0.29, 0.717) is 5.69 Å². The molecule has 0 fully saturated rings. The van der Waals surface area contributed by atoms with Crippen LogP contribution in [0, 0.1) is 12.8 Å². The minimum Gasteiger partial charge on any atom is -0.325 e. The molecule has 2 rings (SSSR count). The van der Waals surface area contributed by atoms with Crippen molar-refractivity contribution in [3.05, 3.63) is 30.1 Å². The summed E-state index contributed by atoms with van der Waals surface area (Å²) in [5, 5.41) is 13.9. The minimum atomic E-state index is -0.534. The second-order valence-corrected chi connectivity index (χ2v) is 5.01. The molecule has 0 bridgehead atoms. The molecule has 1 unspecified atom stereocenters. The molecule has 0 radical (unpaired) electrons. The highest BCUT2D eigenvalue weighted by molar-refractivity contribution is 5.95. The van der Waals surface area contributed by atoms with Gasteiger partial charge >= 0.3 is 0 Å². The number of benzene rings is 1. The standard InChI is InChI=1S/C13H18N6O.ClH/c1-8(2)12(14)13(20)16-10-5-4-9(3)11(6-10)19-7-15-17-18-19;/h4-8,12H,14H2,1-3H3,(H,16,20);1H. The molecule has 0 aliphatic heterocycles. The highest BCUT2D eigenvalue weighted by Crippen LogP contribution is 2.18. The van der Waals surface area contributed by atoms with Crippen LogP contribution >= 0.6 is 12.4 Å². The molecule has 1 aromatic heterocycles. The van der Waals surface area contributed by atoms with Gasteiger partial charge in [0.05, 0.1) is 11.7 Å². The zero-order chi connectivity index (χ0) is 14.7. The van der Waals surface area contributed by atoms with Crippen molar-refractivity contribution in [3.8, 4) is 5.69 Å². The number of nitrogens with one attached hydrogen (secondary N) is 1. The van der Waals surface area contributed by atoms with Gasteiger partial charge in [0.2, 0.25) is 5.91 Å². The van der Waals surface area contributed by atoms with Crippen molar-refractivity contribution in [1.29, 1.82) is 0 Å². The summed E-state index contributed by atoms with van der Waals surface area (Å²) >= 11 is 0. The van der Waals surface area contributed by atoms with E-state index in [1.807, 2.05) is 39.0 Å². The monoisotopic (exact) mass is 310 g/mol. The van der Waals surface area contributed by atoms with Crippen molar-refractivity contribution in [2.45, 2.75) is 26.8 Å². The summed E-state index contributed by atoms with van der Waals surface area (Å²) in [5.41, 5.74) is 8.30. The Hall–Kier alpha value is -1.99. The van der Waals surface area contributed by atoms with Crippen LogP contribution in [0.15, 0.2) is 24.5 Å². The number of amides is 1. The second-order valence-electron chi connectivity index (χ2n) is 5.01. The Bertz CT molecular complexity index is 599. The lowest BCUT2D eigenvalue weighted by atomic mass is 10.0. The number of anilines is 1. The first-order valence-electron chi connectivity index (χ1n) is 6.39. The van der Waals surface area contributed by atoms with Gasteiger partial charge in [-0.15, -0.1) is 17.5 Å². The van der Waals surface area contributed by atoms with E-state index in [1.165, 1.54) is 6.33 Å². The van der Waals surface area contributed by atoms with Gasteiger partial charge in [-0.2, -0.15) is 0 Å². The van der Waals surface area contributed by atoms with Gasteiger partial charge in [0, 0.05) is 5.69 Å². The van der Waals surface area contributed by atoms with Crippen LogP contribution in [-0.2, 0) is 4.79 Å². The van der Waals surface area contributed by atoms with Gasteiger partial charge in [0.15, 0.2) is 0 Å². The average Bonchev–Trinajstić information content (AvgIpc) is 2.93. The first kappa shape index (κ1) is 17.1. The largest absolute Gasteiger partial charge is 0.325 e. The summed E-state index contributed by atoms with van der Waals surface area (Å²) in [6.45, 7) is 5.76. The van der Waals surface area contributed by atoms with Crippen LogP contribution in [0.1, 0.15) is 19.4 Å². The molecule has 1 amide bonds. The van der Waals surface area contributed by atoms with Crippen LogP contribution in [0.5, 0.6) is 0 Å². The Labute approximate surface area is 129 Å². The maximum Gasteiger partial charge on any atom is 0.241 e. The van der Waals surface area contributed by atoms with Gasteiger partial charge in [-0.3, -0.25) is 4.79 Å². The first-order chi connectivity index (χ1) is 9.49. The Morgan fingerprint density at radius 3 is 2.67 bits per heavy atom. The van der Waals surface area contributed by atoms with E-state index in [0.717, 1.165) is 11.3 Å². The Kier molecular flexibility index (Phi) is 5.80. The van der Waals surface area contributed by atoms with Crippen molar-refractivity contribution < 1.29 is 4.79 Å². The van der Waals surface area contributed by atoms with Gasteiger partial charge in [0.1, 0.15) is 6.33 Å². The number of hydrogen-bond donors (Lipinski definition) is 2. The normalized spacial score (nSPS) is 11.9. The summed E-state index contributed by atoms with van der Waals surface area (Å²) in [4.78, 5) is 12.0. The molecular formula is C13H19ClN6O. The summed E-state index contributed by atoms with van der Waals surface area (Å²) in [6.07, 6.45) is 1.51. The molecule has 1 heterocycles. The van der Waals surface area contributed by atoms with E-state index in [2.05, 4.69) is 20.8 Å². The van der Waals surface area contributed by atoms with E-state index in [-0.39, 0.29) is 24.2 Å². The van der Waals surface area contributed by atoms with Gasteiger partial charge < -0.3 is 11.1 Å². The van der Waals surface area contributed by atoms with E-state index in [1.54, 1.807) is 4.68 Å². The molecule has 0 aliphatic carbocycles. The first-order valence-corrected chi connectivity index (χ1v) is 6.39. The fourth-order valence-electron chi connectivity index (χ4n) is 1.73. The van der Waals surface area contributed by atoms with E-state index >= 15 is 0 Å². The molecule has 1 atom stereocenters. The third-order valence-corrected chi connectivity index (χ3v) is 3.09. The number of carbonyl (C=O) groups excluding carboxylic acids is 1. The third-order valence-electron chi connectivity index (χ3n) is 3.09. The number of aromatic nitrogens is 4. The van der Waals surface area contributed by atoms with Gasteiger partial charge in [0.25, 0.3) is 0 Å². The third kappa shape index (κ3) is 3.99. The summed E-state index contributed by atoms with van der Waals surface area (Å²) in [7, 11) is 0. The van der Waals surface area contributed by atoms with Crippen LogP contribution in [0.4, 0.5) is 5.69 Å². The smallest absolute Gasteiger partial charge is 0.241 e. The number of hydrogen-bond acceptors (Lipinski definition) is 5. The number of nitrogens with zero attached hydrogens (tertiary/aromatic N) is 4. The average molecular weight is 311 g/mol. The number of aryl methyl sites for hydroxylation is 1. The van der Waals surface area contributed by atoms with Gasteiger partial charge in [-0.1, -0.05) is 19.9 Å². The summed E-state index contributed by atoms with van der Waals surface area (Å²) in [5.74, 6) is -0.119. The predicted octanol–water partition coefficient (Wildman–Crippen LogP) is 1.31.